The maximum atomic E-state index is 10.7. The molecule has 0 saturated carbocycles. The van der Waals surface area contributed by atoms with Gasteiger partial charge in [0.05, 0.1) is 12.9 Å². The van der Waals surface area contributed by atoms with Gasteiger partial charge in [0, 0.05) is 13.1 Å². The summed E-state index contributed by atoms with van der Waals surface area (Å²) in [7, 11) is -3.38. The van der Waals surface area contributed by atoms with Crippen molar-refractivity contribution in [3.05, 3.63) is 0 Å². The summed E-state index contributed by atoms with van der Waals surface area (Å²) >= 11 is 0. The van der Waals surface area contributed by atoms with Gasteiger partial charge >= 0.3 is 6.09 Å². The van der Waals surface area contributed by atoms with E-state index in [-0.39, 0.29) is 12.5 Å². The van der Waals surface area contributed by atoms with Crippen molar-refractivity contribution in [1.29, 1.82) is 0 Å². The maximum Gasteiger partial charge on any atom is 0.407 e. The molecular weight excluding hydrogens is 222 g/mol. The molecule has 1 aliphatic rings. The van der Waals surface area contributed by atoms with Crippen molar-refractivity contribution < 1.29 is 22.5 Å². The first-order chi connectivity index (χ1) is 6.88. The molecule has 0 radical (unpaired) electrons. The second-order valence-corrected chi connectivity index (χ2v) is 5.34. The minimum Gasteiger partial charge on any atom is -0.465 e. The smallest absolute Gasteiger partial charge is 0.407 e. The standard InChI is InChI=1S/C8H15NO5S/c1-15(12,13)14-5-3-7-2-4-9(6-7)8(10)11/h7H,2-6H2,1H3,(H,10,11)/t7-/m1/s1. The van der Waals surface area contributed by atoms with E-state index in [4.69, 9.17) is 5.11 Å². The van der Waals surface area contributed by atoms with Gasteiger partial charge in [-0.15, -0.1) is 0 Å². The monoisotopic (exact) mass is 237 g/mol. The van der Waals surface area contributed by atoms with E-state index in [0.29, 0.717) is 19.5 Å². The highest BCUT2D eigenvalue weighted by molar-refractivity contribution is 7.85. The van der Waals surface area contributed by atoms with Crippen LogP contribution in [0.3, 0.4) is 0 Å². The van der Waals surface area contributed by atoms with Crippen LogP contribution in [0.25, 0.3) is 0 Å². The Kier molecular flexibility index (Phi) is 3.92. The lowest BCUT2D eigenvalue weighted by Gasteiger charge is -2.11. The molecule has 1 N–H and O–H groups in total. The Morgan fingerprint density at radius 3 is 2.73 bits per heavy atom. The quantitative estimate of drug-likeness (QED) is 0.713. The zero-order chi connectivity index (χ0) is 11.5. The molecule has 1 atom stereocenters. The molecule has 15 heavy (non-hydrogen) atoms. The molecule has 88 valence electrons. The van der Waals surface area contributed by atoms with Gasteiger partial charge in [0.1, 0.15) is 0 Å². The summed E-state index contributed by atoms with van der Waals surface area (Å²) in [4.78, 5) is 11.9. The summed E-state index contributed by atoms with van der Waals surface area (Å²) in [6.07, 6.45) is 1.45. The van der Waals surface area contributed by atoms with E-state index in [1.165, 1.54) is 4.90 Å². The Morgan fingerprint density at radius 2 is 2.27 bits per heavy atom. The van der Waals surface area contributed by atoms with Gasteiger partial charge in [-0.3, -0.25) is 4.18 Å². The summed E-state index contributed by atoms with van der Waals surface area (Å²) in [5.41, 5.74) is 0. The second-order valence-electron chi connectivity index (χ2n) is 3.70. The highest BCUT2D eigenvalue weighted by Gasteiger charge is 2.25. The number of hydrogen-bond acceptors (Lipinski definition) is 4. The summed E-state index contributed by atoms with van der Waals surface area (Å²) in [6.45, 7) is 1.14. The average Bonchev–Trinajstić information content (AvgIpc) is 2.50. The van der Waals surface area contributed by atoms with Crippen molar-refractivity contribution in [2.24, 2.45) is 5.92 Å². The molecule has 0 bridgehead atoms. The topological polar surface area (TPSA) is 83.9 Å². The van der Waals surface area contributed by atoms with Crippen LogP contribution >= 0.6 is 0 Å². The third-order valence-corrected chi connectivity index (χ3v) is 2.97. The first kappa shape index (κ1) is 12.3. The Hall–Kier alpha value is -0.820. The molecule has 0 unspecified atom stereocenters. The lowest BCUT2D eigenvalue weighted by Crippen LogP contribution is -2.26. The van der Waals surface area contributed by atoms with E-state index in [2.05, 4.69) is 4.18 Å². The van der Waals surface area contributed by atoms with Crippen LogP contribution in [0.4, 0.5) is 4.79 Å². The summed E-state index contributed by atoms with van der Waals surface area (Å²) < 4.78 is 25.9. The van der Waals surface area contributed by atoms with Crippen molar-refractivity contribution in [2.75, 3.05) is 26.0 Å². The molecule has 1 fully saturated rings. The predicted molar refractivity (Wildman–Crippen MR) is 53.1 cm³/mol. The molecule has 0 aliphatic carbocycles. The van der Waals surface area contributed by atoms with E-state index in [1.54, 1.807) is 0 Å². The van der Waals surface area contributed by atoms with E-state index >= 15 is 0 Å². The summed E-state index contributed by atoms with van der Waals surface area (Å²) in [5.74, 6) is 0.211. The number of rotatable bonds is 4. The predicted octanol–water partition coefficient (Wildman–Crippen LogP) is 0.353. The number of carbonyl (C=O) groups is 1. The molecular formula is C8H15NO5S. The third kappa shape index (κ3) is 4.48. The van der Waals surface area contributed by atoms with E-state index < -0.39 is 16.2 Å². The van der Waals surface area contributed by atoms with Gasteiger partial charge in [0.15, 0.2) is 0 Å². The van der Waals surface area contributed by atoms with Gasteiger partial charge in [0.2, 0.25) is 0 Å². The number of carboxylic acid groups (broad SMARTS) is 1. The molecule has 1 rings (SSSR count). The van der Waals surface area contributed by atoms with E-state index in [9.17, 15) is 13.2 Å². The maximum absolute atomic E-state index is 10.7. The van der Waals surface area contributed by atoms with E-state index in [1.807, 2.05) is 0 Å². The average molecular weight is 237 g/mol. The van der Waals surface area contributed by atoms with Gasteiger partial charge in [-0.25, -0.2) is 4.79 Å². The number of hydrogen-bond donors (Lipinski definition) is 1. The van der Waals surface area contributed by atoms with Gasteiger partial charge in [-0.2, -0.15) is 8.42 Å². The minimum absolute atomic E-state index is 0.136. The first-order valence-electron chi connectivity index (χ1n) is 4.71. The molecule has 0 aromatic heterocycles. The third-order valence-electron chi connectivity index (χ3n) is 2.38. The number of likely N-dealkylation sites (tertiary alicyclic amines) is 1. The molecule has 1 aliphatic heterocycles. The summed E-state index contributed by atoms with van der Waals surface area (Å²) in [5, 5.41) is 8.68. The van der Waals surface area contributed by atoms with Gasteiger partial charge < -0.3 is 10.0 Å². The lowest BCUT2D eigenvalue weighted by molar-refractivity contribution is 0.153. The van der Waals surface area contributed by atoms with Crippen LogP contribution in [0.15, 0.2) is 0 Å². The van der Waals surface area contributed by atoms with Crippen molar-refractivity contribution in [2.45, 2.75) is 12.8 Å². The number of nitrogens with zero attached hydrogens (tertiary/aromatic N) is 1. The Bertz CT molecular complexity index is 326. The van der Waals surface area contributed by atoms with Crippen molar-refractivity contribution >= 4 is 16.2 Å². The Balaban J connectivity index is 2.22. The highest BCUT2D eigenvalue weighted by atomic mass is 32.2. The fourth-order valence-electron chi connectivity index (χ4n) is 1.61. The minimum atomic E-state index is -3.38. The SMILES string of the molecule is CS(=O)(=O)OCC[C@H]1CCN(C(=O)O)C1. The molecule has 1 amide bonds. The van der Waals surface area contributed by atoms with Crippen molar-refractivity contribution in [3.8, 4) is 0 Å². The Labute approximate surface area is 89.0 Å². The molecule has 1 heterocycles. The first-order valence-corrected chi connectivity index (χ1v) is 6.52. The van der Waals surface area contributed by atoms with Crippen LogP contribution in [0, 0.1) is 5.92 Å². The fraction of sp³-hybridized carbons (Fsp3) is 0.875. The summed E-state index contributed by atoms with van der Waals surface area (Å²) in [6, 6.07) is 0. The van der Waals surface area contributed by atoms with Gasteiger partial charge in [-0.05, 0) is 18.8 Å². The fourth-order valence-corrected chi connectivity index (χ4v) is 2.01. The largest absolute Gasteiger partial charge is 0.465 e. The van der Waals surface area contributed by atoms with Gasteiger partial charge in [-0.1, -0.05) is 0 Å². The molecule has 0 aromatic carbocycles. The normalized spacial score (nSPS) is 21.9. The van der Waals surface area contributed by atoms with E-state index in [0.717, 1.165) is 12.7 Å². The molecule has 7 heteroatoms. The molecule has 6 nitrogen and oxygen atoms in total. The molecule has 0 aromatic rings. The zero-order valence-corrected chi connectivity index (χ0v) is 9.37. The van der Waals surface area contributed by atoms with Crippen LogP contribution in [-0.2, 0) is 14.3 Å². The lowest BCUT2D eigenvalue weighted by atomic mass is 10.1. The van der Waals surface area contributed by atoms with Crippen molar-refractivity contribution in [1.82, 2.24) is 4.90 Å². The van der Waals surface area contributed by atoms with Gasteiger partial charge in [0.25, 0.3) is 10.1 Å². The van der Waals surface area contributed by atoms with Crippen molar-refractivity contribution in [3.63, 3.8) is 0 Å². The van der Waals surface area contributed by atoms with Crippen LogP contribution in [-0.4, -0.2) is 50.5 Å². The number of amides is 1. The zero-order valence-electron chi connectivity index (χ0n) is 8.55. The second kappa shape index (κ2) is 4.80. The van der Waals surface area contributed by atoms with Crippen LogP contribution < -0.4 is 0 Å². The van der Waals surface area contributed by atoms with Crippen LogP contribution in [0.1, 0.15) is 12.8 Å². The Morgan fingerprint density at radius 1 is 1.60 bits per heavy atom. The highest BCUT2D eigenvalue weighted by Crippen LogP contribution is 2.19. The molecule has 0 spiro atoms. The van der Waals surface area contributed by atoms with Crippen LogP contribution in [0.2, 0.25) is 0 Å². The van der Waals surface area contributed by atoms with Crippen LogP contribution in [0.5, 0.6) is 0 Å². The molecule has 1 saturated heterocycles.